The second-order valence-corrected chi connectivity index (χ2v) is 7.57. The highest BCUT2D eigenvalue weighted by Crippen LogP contribution is 2.34. The van der Waals surface area contributed by atoms with Crippen LogP contribution in [0.15, 0.2) is 60.8 Å². The minimum Gasteiger partial charge on any atom is -0.350 e. The van der Waals surface area contributed by atoms with E-state index in [1.165, 1.54) is 22.4 Å². The van der Waals surface area contributed by atoms with E-state index in [9.17, 15) is 10.1 Å². The monoisotopic (exact) mass is 375 g/mol. The molecule has 0 bridgehead atoms. The van der Waals surface area contributed by atoms with Crippen LogP contribution in [0.25, 0.3) is 0 Å². The molecule has 0 radical (unpaired) electrons. The van der Waals surface area contributed by atoms with Crippen molar-refractivity contribution >= 4 is 5.69 Å². The molecule has 0 spiro atoms. The van der Waals surface area contributed by atoms with Crippen LogP contribution >= 0.6 is 0 Å². The van der Waals surface area contributed by atoms with E-state index >= 15 is 0 Å². The SMILES string of the molecule is Cc1cccc(C)c1CN1CCCn2cccc2C1c1ccc([N+](=O)[O-])cc1. The van der Waals surface area contributed by atoms with Gasteiger partial charge < -0.3 is 4.57 Å². The lowest BCUT2D eigenvalue weighted by Crippen LogP contribution is -2.30. The fourth-order valence-electron chi connectivity index (χ4n) is 4.27. The van der Waals surface area contributed by atoms with Crippen LogP contribution in [0, 0.1) is 24.0 Å². The van der Waals surface area contributed by atoms with Gasteiger partial charge in [-0.25, -0.2) is 0 Å². The zero-order valence-corrected chi connectivity index (χ0v) is 16.3. The van der Waals surface area contributed by atoms with Crippen molar-refractivity contribution in [1.82, 2.24) is 9.47 Å². The molecule has 1 aliphatic heterocycles. The summed E-state index contributed by atoms with van der Waals surface area (Å²) in [5, 5.41) is 11.1. The predicted molar refractivity (Wildman–Crippen MR) is 110 cm³/mol. The molecule has 1 aliphatic rings. The molecule has 28 heavy (non-hydrogen) atoms. The Labute approximate surface area is 165 Å². The van der Waals surface area contributed by atoms with Gasteiger partial charge in [-0.3, -0.25) is 15.0 Å². The highest BCUT2D eigenvalue weighted by atomic mass is 16.6. The Morgan fingerprint density at radius 3 is 2.39 bits per heavy atom. The van der Waals surface area contributed by atoms with E-state index in [-0.39, 0.29) is 16.7 Å². The van der Waals surface area contributed by atoms with Crippen LogP contribution in [0.2, 0.25) is 0 Å². The third-order valence-electron chi connectivity index (χ3n) is 5.78. The van der Waals surface area contributed by atoms with Crippen molar-refractivity contribution in [3.63, 3.8) is 0 Å². The lowest BCUT2D eigenvalue weighted by Gasteiger charge is -2.31. The van der Waals surface area contributed by atoms with Crippen molar-refractivity contribution in [3.8, 4) is 0 Å². The third kappa shape index (κ3) is 3.45. The molecule has 0 saturated heterocycles. The first-order valence-corrected chi connectivity index (χ1v) is 9.73. The second kappa shape index (κ2) is 7.60. The number of fused-ring (bicyclic) bond motifs is 1. The smallest absolute Gasteiger partial charge is 0.269 e. The number of aromatic nitrogens is 1. The van der Waals surface area contributed by atoms with Crippen LogP contribution in [0.3, 0.4) is 0 Å². The Bertz CT molecular complexity index is 971. The molecule has 0 fully saturated rings. The minimum atomic E-state index is -0.339. The van der Waals surface area contributed by atoms with Crippen LogP contribution in [-0.4, -0.2) is 20.9 Å². The van der Waals surface area contributed by atoms with Gasteiger partial charge in [0.1, 0.15) is 0 Å². The van der Waals surface area contributed by atoms with E-state index < -0.39 is 0 Å². The van der Waals surface area contributed by atoms with Crippen molar-refractivity contribution in [1.29, 1.82) is 0 Å². The van der Waals surface area contributed by atoms with Crippen LogP contribution in [0.1, 0.15) is 40.4 Å². The molecule has 144 valence electrons. The maximum absolute atomic E-state index is 11.1. The number of nitro benzene ring substituents is 1. The lowest BCUT2D eigenvalue weighted by molar-refractivity contribution is -0.384. The number of nitrogens with zero attached hydrogens (tertiary/aromatic N) is 3. The number of hydrogen-bond donors (Lipinski definition) is 0. The van der Waals surface area contributed by atoms with Gasteiger partial charge in [-0.1, -0.05) is 30.3 Å². The molecular weight excluding hydrogens is 350 g/mol. The molecule has 0 amide bonds. The summed E-state index contributed by atoms with van der Waals surface area (Å²) in [5.41, 5.74) is 6.46. The summed E-state index contributed by atoms with van der Waals surface area (Å²) >= 11 is 0. The summed E-state index contributed by atoms with van der Waals surface area (Å²) in [5.74, 6) is 0. The summed E-state index contributed by atoms with van der Waals surface area (Å²) in [6.45, 7) is 7.19. The van der Waals surface area contributed by atoms with Crippen LogP contribution in [0.5, 0.6) is 0 Å². The molecule has 3 aromatic rings. The van der Waals surface area contributed by atoms with E-state index in [1.54, 1.807) is 12.1 Å². The maximum Gasteiger partial charge on any atom is 0.269 e. The number of aryl methyl sites for hydroxylation is 3. The van der Waals surface area contributed by atoms with E-state index in [4.69, 9.17) is 0 Å². The molecule has 2 aromatic carbocycles. The van der Waals surface area contributed by atoms with Gasteiger partial charge in [0, 0.05) is 43.7 Å². The first-order chi connectivity index (χ1) is 13.5. The van der Waals surface area contributed by atoms with Crippen LogP contribution < -0.4 is 0 Å². The summed E-state index contributed by atoms with van der Waals surface area (Å²) in [6, 6.07) is 17.8. The second-order valence-electron chi connectivity index (χ2n) is 7.57. The minimum absolute atomic E-state index is 0.0808. The molecule has 1 atom stereocenters. The van der Waals surface area contributed by atoms with Gasteiger partial charge in [-0.15, -0.1) is 0 Å². The number of hydrogen-bond acceptors (Lipinski definition) is 3. The zero-order valence-electron chi connectivity index (χ0n) is 16.3. The van der Waals surface area contributed by atoms with Crippen molar-refractivity contribution in [2.75, 3.05) is 6.54 Å². The van der Waals surface area contributed by atoms with Crippen molar-refractivity contribution in [2.45, 2.75) is 39.4 Å². The standard InChI is InChI=1S/C23H25N3O2/c1-17-6-3-7-18(2)21(17)16-25-15-5-14-24-13-4-8-22(24)23(25)19-9-11-20(12-10-19)26(27)28/h3-4,6-13,23H,5,14-16H2,1-2H3. The Morgan fingerprint density at radius 2 is 1.71 bits per heavy atom. The van der Waals surface area contributed by atoms with Crippen LogP contribution in [-0.2, 0) is 13.1 Å². The van der Waals surface area contributed by atoms with E-state index in [0.717, 1.165) is 31.6 Å². The number of nitro groups is 1. The van der Waals surface area contributed by atoms with Gasteiger partial charge in [0.05, 0.1) is 11.0 Å². The Kier molecular flexibility index (Phi) is 5.01. The van der Waals surface area contributed by atoms with Crippen molar-refractivity contribution in [2.24, 2.45) is 0 Å². The molecule has 0 N–H and O–H groups in total. The number of non-ortho nitro benzene ring substituents is 1. The van der Waals surface area contributed by atoms with Crippen molar-refractivity contribution < 1.29 is 4.92 Å². The quantitative estimate of drug-likeness (QED) is 0.476. The molecule has 5 heteroatoms. The average Bonchev–Trinajstić information content (AvgIpc) is 3.06. The lowest BCUT2D eigenvalue weighted by atomic mass is 9.98. The Balaban J connectivity index is 1.76. The first kappa shape index (κ1) is 18.4. The Hall–Kier alpha value is -2.92. The fourth-order valence-corrected chi connectivity index (χ4v) is 4.27. The number of rotatable bonds is 4. The van der Waals surface area contributed by atoms with E-state index in [2.05, 4.69) is 59.8 Å². The maximum atomic E-state index is 11.1. The third-order valence-corrected chi connectivity index (χ3v) is 5.78. The van der Waals surface area contributed by atoms with Gasteiger partial charge in [0.25, 0.3) is 5.69 Å². The zero-order chi connectivity index (χ0) is 19.7. The van der Waals surface area contributed by atoms with Gasteiger partial charge in [0.15, 0.2) is 0 Å². The summed E-state index contributed by atoms with van der Waals surface area (Å²) < 4.78 is 2.32. The summed E-state index contributed by atoms with van der Waals surface area (Å²) in [6.07, 6.45) is 3.21. The molecule has 4 rings (SSSR count). The normalized spacial score (nSPS) is 17.1. The van der Waals surface area contributed by atoms with Crippen molar-refractivity contribution in [3.05, 3.63) is 98.9 Å². The number of benzene rings is 2. The molecule has 2 heterocycles. The topological polar surface area (TPSA) is 51.3 Å². The van der Waals surface area contributed by atoms with E-state index in [1.807, 2.05) is 12.1 Å². The fraction of sp³-hybridized carbons (Fsp3) is 0.304. The molecular formula is C23H25N3O2. The molecule has 0 saturated carbocycles. The Morgan fingerprint density at radius 1 is 1.00 bits per heavy atom. The highest BCUT2D eigenvalue weighted by Gasteiger charge is 2.28. The predicted octanol–water partition coefficient (Wildman–Crippen LogP) is 5.01. The van der Waals surface area contributed by atoms with Gasteiger partial charge >= 0.3 is 0 Å². The molecule has 1 unspecified atom stereocenters. The largest absolute Gasteiger partial charge is 0.350 e. The van der Waals surface area contributed by atoms with E-state index in [0.29, 0.717) is 0 Å². The molecule has 1 aromatic heterocycles. The first-order valence-electron chi connectivity index (χ1n) is 9.73. The van der Waals surface area contributed by atoms with Crippen LogP contribution in [0.4, 0.5) is 5.69 Å². The van der Waals surface area contributed by atoms with Gasteiger partial charge in [0.2, 0.25) is 0 Å². The highest BCUT2D eigenvalue weighted by molar-refractivity contribution is 5.39. The molecule has 0 aliphatic carbocycles. The average molecular weight is 375 g/mol. The summed E-state index contributed by atoms with van der Waals surface area (Å²) in [4.78, 5) is 13.2. The van der Waals surface area contributed by atoms with Gasteiger partial charge in [-0.05, 0) is 54.7 Å². The summed E-state index contributed by atoms with van der Waals surface area (Å²) in [7, 11) is 0. The molecule has 5 nitrogen and oxygen atoms in total. The van der Waals surface area contributed by atoms with Gasteiger partial charge in [-0.2, -0.15) is 0 Å².